The first-order chi connectivity index (χ1) is 10.0. The number of likely N-dealkylation sites (tertiary alicyclic amines) is 1. The van der Waals surface area contributed by atoms with Crippen LogP contribution in [-0.2, 0) is 4.79 Å². The van der Waals surface area contributed by atoms with E-state index in [1.807, 2.05) is 6.07 Å². The fourth-order valence-corrected chi connectivity index (χ4v) is 3.19. The van der Waals surface area contributed by atoms with Crippen molar-refractivity contribution in [1.29, 1.82) is 0 Å². The molecule has 0 spiro atoms. The molecule has 1 saturated heterocycles. The summed E-state index contributed by atoms with van der Waals surface area (Å²) in [7, 11) is 0. The first kappa shape index (κ1) is 16.0. The van der Waals surface area contributed by atoms with Crippen LogP contribution in [0.3, 0.4) is 0 Å². The van der Waals surface area contributed by atoms with E-state index in [0.29, 0.717) is 18.9 Å². The zero-order valence-corrected chi connectivity index (χ0v) is 13.3. The summed E-state index contributed by atoms with van der Waals surface area (Å²) in [6.07, 6.45) is 4.72. The van der Waals surface area contributed by atoms with Gasteiger partial charge in [0.25, 0.3) is 0 Å². The number of benzene rings is 1. The number of rotatable bonds is 6. The third kappa shape index (κ3) is 4.31. The Morgan fingerprint density at radius 3 is 2.67 bits per heavy atom. The Labute approximate surface area is 128 Å². The lowest BCUT2D eigenvalue weighted by atomic mass is 9.84. The Morgan fingerprint density at radius 2 is 2.00 bits per heavy atom. The van der Waals surface area contributed by atoms with Gasteiger partial charge in [0.15, 0.2) is 0 Å². The molecular weight excluding hydrogens is 260 g/mol. The second-order valence-corrected chi connectivity index (χ2v) is 6.86. The van der Waals surface area contributed by atoms with Crippen LogP contribution >= 0.6 is 0 Å². The molecule has 1 aromatic rings. The number of carbonyl (C=O) groups excluding carboxylic acids is 1. The van der Waals surface area contributed by atoms with Gasteiger partial charge >= 0.3 is 0 Å². The first-order valence-corrected chi connectivity index (χ1v) is 8.08. The van der Waals surface area contributed by atoms with Gasteiger partial charge in [-0.2, -0.15) is 0 Å². The molecule has 1 fully saturated rings. The van der Waals surface area contributed by atoms with Crippen LogP contribution in [0.15, 0.2) is 30.3 Å². The van der Waals surface area contributed by atoms with E-state index < -0.39 is 0 Å². The summed E-state index contributed by atoms with van der Waals surface area (Å²) in [5.41, 5.74) is 7.07. The van der Waals surface area contributed by atoms with Crippen molar-refractivity contribution in [2.75, 3.05) is 13.1 Å². The summed E-state index contributed by atoms with van der Waals surface area (Å²) in [6, 6.07) is 10.7. The summed E-state index contributed by atoms with van der Waals surface area (Å²) in [4.78, 5) is 14.7. The summed E-state index contributed by atoms with van der Waals surface area (Å²) in [5, 5.41) is 0. The lowest BCUT2D eigenvalue weighted by molar-refractivity contribution is -0.132. The van der Waals surface area contributed by atoms with E-state index in [9.17, 15) is 4.79 Å². The number of carbonyl (C=O) groups is 1. The summed E-state index contributed by atoms with van der Waals surface area (Å²) in [6.45, 7) is 5.99. The van der Waals surface area contributed by atoms with E-state index in [2.05, 4.69) is 43.0 Å². The number of hydrogen-bond acceptors (Lipinski definition) is 2. The third-order valence-corrected chi connectivity index (χ3v) is 4.59. The maximum absolute atomic E-state index is 12.6. The topological polar surface area (TPSA) is 46.3 Å². The highest BCUT2D eigenvalue weighted by Crippen LogP contribution is 2.33. The minimum atomic E-state index is 0.159. The Bertz CT molecular complexity index is 456. The van der Waals surface area contributed by atoms with Crippen LogP contribution in [0, 0.1) is 5.41 Å². The minimum Gasteiger partial charge on any atom is -0.336 e. The van der Waals surface area contributed by atoms with Crippen LogP contribution < -0.4 is 5.73 Å². The highest BCUT2D eigenvalue weighted by molar-refractivity contribution is 5.77. The fraction of sp³-hybridized carbons (Fsp3) is 0.611. The smallest absolute Gasteiger partial charge is 0.223 e. The fourth-order valence-electron chi connectivity index (χ4n) is 3.19. The van der Waals surface area contributed by atoms with Crippen molar-refractivity contribution in [3.63, 3.8) is 0 Å². The Balaban J connectivity index is 1.95. The maximum Gasteiger partial charge on any atom is 0.223 e. The molecule has 0 aromatic heterocycles. The van der Waals surface area contributed by atoms with Gasteiger partial charge < -0.3 is 10.6 Å². The highest BCUT2D eigenvalue weighted by atomic mass is 16.2. The van der Waals surface area contributed by atoms with E-state index in [-0.39, 0.29) is 11.5 Å². The van der Waals surface area contributed by atoms with Gasteiger partial charge in [-0.25, -0.2) is 0 Å². The largest absolute Gasteiger partial charge is 0.336 e. The highest BCUT2D eigenvalue weighted by Gasteiger charge is 2.30. The molecule has 116 valence electrons. The van der Waals surface area contributed by atoms with Crippen LogP contribution in [0.2, 0.25) is 0 Å². The molecule has 0 radical (unpaired) electrons. The molecule has 0 bridgehead atoms. The van der Waals surface area contributed by atoms with Crippen molar-refractivity contribution in [2.45, 2.75) is 52.0 Å². The first-order valence-electron chi connectivity index (χ1n) is 8.08. The molecule has 3 nitrogen and oxygen atoms in total. The average molecular weight is 288 g/mol. The average Bonchev–Trinajstić information content (AvgIpc) is 2.95. The molecule has 21 heavy (non-hydrogen) atoms. The number of amides is 1. The van der Waals surface area contributed by atoms with Crippen LogP contribution in [0.4, 0.5) is 0 Å². The van der Waals surface area contributed by atoms with Crippen molar-refractivity contribution in [1.82, 2.24) is 4.90 Å². The molecule has 1 unspecified atom stereocenters. The normalized spacial score (nSPS) is 19.0. The molecule has 2 rings (SSSR count). The molecule has 1 heterocycles. The number of hydrogen-bond donors (Lipinski definition) is 1. The van der Waals surface area contributed by atoms with Crippen LogP contribution in [-0.4, -0.2) is 23.9 Å². The minimum absolute atomic E-state index is 0.159. The Morgan fingerprint density at radius 1 is 1.29 bits per heavy atom. The van der Waals surface area contributed by atoms with Crippen molar-refractivity contribution in [3.8, 4) is 0 Å². The lowest BCUT2D eigenvalue weighted by Gasteiger charge is -2.28. The number of nitrogens with zero attached hydrogens (tertiary/aromatic N) is 1. The molecule has 1 amide bonds. The van der Waals surface area contributed by atoms with Gasteiger partial charge in [-0.1, -0.05) is 44.2 Å². The predicted molar refractivity (Wildman–Crippen MR) is 86.8 cm³/mol. The van der Waals surface area contributed by atoms with Crippen molar-refractivity contribution in [3.05, 3.63) is 35.9 Å². The van der Waals surface area contributed by atoms with Gasteiger partial charge in [0.2, 0.25) is 5.91 Å². The van der Waals surface area contributed by atoms with E-state index in [4.69, 9.17) is 5.73 Å². The molecule has 0 aliphatic carbocycles. The van der Waals surface area contributed by atoms with Gasteiger partial charge in [-0.05, 0) is 43.2 Å². The second-order valence-electron chi connectivity index (χ2n) is 6.86. The molecule has 0 saturated carbocycles. The van der Waals surface area contributed by atoms with Gasteiger partial charge in [-0.3, -0.25) is 4.79 Å². The SMILES string of the molecule is CC(C)(CCN)CCC(=O)N1CCCC1c1ccccc1. The van der Waals surface area contributed by atoms with E-state index >= 15 is 0 Å². The molecule has 1 aliphatic heterocycles. The summed E-state index contributed by atoms with van der Waals surface area (Å²) < 4.78 is 0. The zero-order valence-electron chi connectivity index (χ0n) is 13.3. The molecule has 1 atom stereocenters. The van der Waals surface area contributed by atoms with E-state index in [1.54, 1.807) is 0 Å². The predicted octanol–water partition coefficient (Wildman–Crippen LogP) is 3.51. The molecule has 2 N–H and O–H groups in total. The lowest BCUT2D eigenvalue weighted by Crippen LogP contribution is -2.31. The quantitative estimate of drug-likeness (QED) is 0.870. The Kier molecular flexibility index (Phi) is 5.40. The van der Waals surface area contributed by atoms with Crippen LogP contribution in [0.5, 0.6) is 0 Å². The van der Waals surface area contributed by atoms with Gasteiger partial charge in [0.05, 0.1) is 6.04 Å². The van der Waals surface area contributed by atoms with Crippen LogP contribution in [0.25, 0.3) is 0 Å². The van der Waals surface area contributed by atoms with Gasteiger partial charge in [0, 0.05) is 13.0 Å². The third-order valence-electron chi connectivity index (χ3n) is 4.59. The van der Waals surface area contributed by atoms with Gasteiger partial charge in [0.1, 0.15) is 0 Å². The molecular formula is C18H28N2O. The van der Waals surface area contributed by atoms with E-state index in [1.165, 1.54) is 5.56 Å². The van der Waals surface area contributed by atoms with Crippen LogP contribution in [0.1, 0.15) is 57.6 Å². The van der Waals surface area contributed by atoms with Crippen molar-refractivity contribution in [2.24, 2.45) is 11.1 Å². The molecule has 1 aliphatic rings. The second kappa shape index (κ2) is 7.08. The monoisotopic (exact) mass is 288 g/mol. The van der Waals surface area contributed by atoms with Gasteiger partial charge in [-0.15, -0.1) is 0 Å². The molecule has 3 heteroatoms. The number of nitrogens with two attached hydrogens (primary N) is 1. The summed E-state index contributed by atoms with van der Waals surface area (Å²) in [5.74, 6) is 0.298. The Hall–Kier alpha value is -1.35. The van der Waals surface area contributed by atoms with Crippen molar-refractivity contribution >= 4 is 5.91 Å². The zero-order chi connectivity index (χ0) is 15.3. The van der Waals surface area contributed by atoms with E-state index in [0.717, 1.165) is 32.2 Å². The van der Waals surface area contributed by atoms with Crippen molar-refractivity contribution < 1.29 is 4.79 Å². The summed E-state index contributed by atoms with van der Waals surface area (Å²) >= 11 is 0. The maximum atomic E-state index is 12.6. The molecule has 1 aromatic carbocycles. The standard InChI is InChI=1S/C18H28N2O/c1-18(2,12-13-19)11-10-17(21)20-14-6-9-16(20)15-7-4-3-5-8-15/h3-5,7-8,16H,6,9-14,19H2,1-2H3.